The summed E-state index contributed by atoms with van der Waals surface area (Å²) in [4.78, 5) is 0. The number of halogens is 2. The lowest BCUT2D eigenvalue weighted by Gasteiger charge is -1.99. The highest BCUT2D eigenvalue weighted by Crippen LogP contribution is 2.58. The van der Waals surface area contributed by atoms with Crippen LogP contribution in [0.25, 0.3) is 0 Å². The topological polar surface area (TPSA) is 34.1 Å². The van der Waals surface area contributed by atoms with E-state index < -0.39 is 19.8 Å². The molecule has 9 heavy (non-hydrogen) atoms. The van der Waals surface area contributed by atoms with Crippen molar-refractivity contribution < 1.29 is 8.42 Å². The summed E-state index contributed by atoms with van der Waals surface area (Å²) in [6, 6.07) is 0. The molecule has 0 aromatic carbocycles. The molecule has 1 saturated carbocycles. The summed E-state index contributed by atoms with van der Waals surface area (Å²) in [7, 11) is -2.48. The fourth-order valence-electron chi connectivity index (χ4n) is 0.586. The van der Waals surface area contributed by atoms with Gasteiger partial charge in [0.2, 0.25) is 0 Å². The molecule has 1 atom stereocenters. The van der Waals surface area contributed by atoms with Crippen LogP contribution in [-0.2, 0) is 10.7 Å². The molecule has 1 aliphatic carbocycles. The van der Waals surface area contributed by atoms with Crippen LogP contribution in [0.2, 0.25) is 0 Å². The van der Waals surface area contributed by atoms with Gasteiger partial charge in [-0.1, -0.05) is 23.2 Å². The molecule has 0 aliphatic heterocycles. The first-order valence-corrected chi connectivity index (χ1v) is 4.36. The van der Waals surface area contributed by atoms with E-state index in [0.29, 0.717) is 6.42 Å². The Bertz CT molecular complexity index is 203. The zero-order valence-electron chi connectivity index (χ0n) is 4.73. The van der Waals surface area contributed by atoms with Crippen LogP contribution in [0.1, 0.15) is 13.3 Å². The van der Waals surface area contributed by atoms with Crippen molar-refractivity contribution in [1.82, 2.24) is 0 Å². The molecule has 0 N–H and O–H groups in total. The quantitative estimate of drug-likeness (QED) is 0.491. The number of thiol groups is 1. The van der Waals surface area contributed by atoms with Gasteiger partial charge in [0.25, 0.3) is 0 Å². The first-order valence-electron chi connectivity index (χ1n) is 2.42. The SMILES string of the molecule is CC1([SH](=O)=O)CC1(Cl)Cl. The molecule has 2 nitrogen and oxygen atoms in total. The Morgan fingerprint density at radius 1 is 1.44 bits per heavy atom. The van der Waals surface area contributed by atoms with Crippen LogP contribution in [-0.4, -0.2) is 17.5 Å². The second kappa shape index (κ2) is 1.77. The lowest BCUT2D eigenvalue weighted by atomic mass is 10.5. The van der Waals surface area contributed by atoms with Crippen LogP contribution in [0.15, 0.2) is 0 Å². The molecule has 5 heteroatoms. The van der Waals surface area contributed by atoms with Gasteiger partial charge in [-0.25, -0.2) is 8.42 Å². The van der Waals surface area contributed by atoms with E-state index in [2.05, 4.69) is 0 Å². The monoisotopic (exact) mass is 188 g/mol. The molecule has 0 spiro atoms. The van der Waals surface area contributed by atoms with Gasteiger partial charge in [-0.05, 0) is 6.92 Å². The van der Waals surface area contributed by atoms with Crippen LogP contribution < -0.4 is 0 Å². The van der Waals surface area contributed by atoms with Crippen LogP contribution in [0.3, 0.4) is 0 Å². The molecule has 0 amide bonds. The Labute approximate surface area is 65.1 Å². The molecule has 0 saturated heterocycles. The zero-order chi connectivity index (χ0) is 7.28. The predicted molar refractivity (Wildman–Crippen MR) is 37.8 cm³/mol. The van der Waals surface area contributed by atoms with Crippen LogP contribution in [0.4, 0.5) is 0 Å². The molecule has 1 rings (SSSR count). The first-order chi connectivity index (χ1) is 3.90. The van der Waals surface area contributed by atoms with Crippen molar-refractivity contribution in [2.45, 2.75) is 22.4 Å². The van der Waals surface area contributed by atoms with Crippen molar-refractivity contribution in [3.8, 4) is 0 Å². The summed E-state index contributed by atoms with van der Waals surface area (Å²) in [5, 5.41) is 0. The number of hydrogen-bond donors (Lipinski definition) is 1. The Balaban J connectivity index is 2.86. The molecular weight excluding hydrogens is 183 g/mol. The minimum atomic E-state index is -2.48. The molecule has 1 aliphatic rings. The van der Waals surface area contributed by atoms with E-state index in [9.17, 15) is 8.42 Å². The fraction of sp³-hybridized carbons (Fsp3) is 1.00. The van der Waals surface area contributed by atoms with E-state index >= 15 is 0 Å². The molecule has 1 unspecified atom stereocenters. The largest absolute Gasteiger partial charge is 0.231 e. The van der Waals surface area contributed by atoms with E-state index in [0.717, 1.165) is 0 Å². The maximum Gasteiger partial charge on any atom is 0.148 e. The van der Waals surface area contributed by atoms with Crippen molar-refractivity contribution in [2.24, 2.45) is 0 Å². The molecule has 0 heterocycles. The first kappa shape index (κ1) is 7.63. The second-order valence-corrected chi connectivity index (χ2v) is 5.40. The minimum absolute atomic E-state index is 0.349. The van der Waals surface area contributed by atoms with Crippen molar-refractivity contribution in [3.05, 3.63) is 0 Å². The lowest BCUT2D eigenvalue weighted by Crippen LogP contribution is -2.13. The van der Waals surface area contributed by atoms with Crippen LogP contribution in [0, 0.1) is 0 Å². The van der Waals surface area contributed by atoms with E-state index in [1.165, 1.54) is 0 Å². The van der Waals surface area contributed by atoms with E-state index in [-0.39, 0.29) is 0 Å². The summed E-state index contributed by atoms with van der Waals surface area (Å²) in [6.07, 6.45) is 0.349. The van der Waals surface area contributed by atoms with Crippen molar-refractivity contribution in [3.63, 3.8) is 0 Å². The number of alkyl halides is 2. The summed E-state index contributed by atoms with van der Waals surface area (Å²) < 4.78 is 18.8. The van der Waals surface area contributed by atoms with Crippen molar-refractivity contribution in [2.75, 3.05) is 0 Å². The Morgan fingerprint density at radius 3 is 1.78 bits per heavy atom. The zero-order valence-corrected chi connectivity index (χ0v) is 7.13. The van der Waals surface area contributed by atoms with Crippen molar-refractivity contribution in [1.29, 1.82) is 0 Å². The molecule has 0 aromatic rings. The number of rotatable bonds is 1. The maximum atomic E-state index is 10.4. The average Bonchev–Trinajstić information content (AvgIpc) is 2.08. The normalized spacial score (nSPS) is 39.1. The fourth-order valence-corrected chi connectivity index (χ4v) is 2.35. The molecule has 0 bridgehead atoms. The second-order valence-electron chi connectivity index (χ2n) is 2.41. The lowest BCUT2D eigenvalue weighted by molar-refractivity contribution is 0.601. The molecular formula is C4H6Cl2O2S. The van der Waals surface area contributed by atoms with Gasteiger partial charge in [0, 0.05) is 6.42 Å². The summed E-state index contributed by atoms with van der Waals surface area (Å²) in [5.41, 5.74) is 0. The molecule has 0 radical (unpaired) electrons. The highest BCUT2D eigenvalue weighted by molar-refractivity contribution is 7.74. The third kappa shape index (κ3) is 0.954. The van der Waals surface area contributed by atoms with E-state index in [1.54, 1.807) is 6.92 Å². The Kier molecular flexibility index (Phi) is 1.50. The minimum Gasteiger partial charge on any atom is -0.231 e. The van der Waals surface area contributed by atoms with Gasteiger partial charge >= 0.3 is 0 Å². The summed E-state index contributed by atoms with van der Waals surface area (Å²) in [6.45, 7) is 1.54. The highest BCUT2D eigenvalue weighted by atomic mass is 35.5. The summed E-state index contributed by atoms with van der Waals surface area (Å²) in [5.74, 6) is 0. The summed E-state index contributed by atoms with van der Waals surface area (Å²) >= 11 is 11.1. The van der Waals surface area contributed by atoms with Gasteiger partial charge in [0.1, 0.15) is 19.8 Å². The smallest absolute Gasteiger partial charge is 0.148 e. The molecule has 1 fully saturated rings. The molecule has 0 aromatic heterocycles. The Morgan fingerprint density at radius 2 is 1.78 bits per heavy atom. The van der Waals surface area contributed by atoms with Gasteiger partial charge in [0.15, 0.2) is 0 Å². The highest BCUT2D eigenvalue weighted by Gasteiger charge is 2.66. The average molecular weight is 189 g/mol. The van der Waals surface area contributed by atoms with Gasteiger partial charge < -0.3 is 0 Å². The third-order valence-electron chi connectivity index (χ3n) is 1.63. The van der Waals surface area contributed by atoms with E-state index in [4.69, 9.17) is 23.2 Å². The van der Waals surface area contributed by atoms with E-state index in [1.807, 2.05) is 0 Å². The van der Waals surface area contributed by atoms with Crippen LogP contribution >= 0.6 is 23.2 Å². The van der Waals surface area contributed by atoms with Gasteiger partial charge in [-0.2, -0.15) is 0 Å². The molecule has 54 valence electrons. The number of hydrogen-bond acceptors (Lipinski definition) is 2. The van der Waals surface area contributed by atoms with Crippen molar-refractivity contribution >= 4 is 33.9 Å². The maximum absolute atomic E-state index is 10.4. The van der Waals surface area contributed by atoms with Gasteiger partial charge in [-0.15, -0.1) is 0 Å². The Hall–Kier alpha value is 0.530. The van der Waals surface area contributed by atoms with Crippen LogP contribution in [0.5, 0.6) is 0 Å². The van der Waals surface area contributed by atoms with Gasteiger partial charge in [0.05, 0.1) is 0 Å². The van der Waals surface area contributed by atoms with Gasteiger partial charge in [-0.3, -0.25) is 0 Å². The third-order valence-corrected chi connectivity index (χ3v) is 4.34. The predicted octanol–water partition coefficient (Wildman–Crippen LogP) is 0.934. The standard InChI is InChI=1S/C4H6Cl2O2S/c1-3(9(7)8)2-4(3,5)6/h9H,2H2,1H3.